The summed E-state index contributed by atoms with van der Waals surface area (Å²) in [6, 6.07) is 2.16. The summed E-state index contributed by atoms with van der Waals surface area (Å²) in [4.78, 5) is 0. The first-order valence-electron chi connectivity index (χ1n) is 5.84. The molecule has 0 saturated heterocycles. The number of hydrogen-bond acceptors (Lipinski definition) is 1. The summed E-state index contributed by atoms with van der Waals surface area (Å²) in [5, 5.41) is 8.31. The topological polar surface area (TPSA) is 23.8 Å². The molecular formula is C12H22FN. The van der Waals surface area contributed by atoms with Gasteiger partial charge in [0.2, 0.25) is 0 Å². The van der Waals surface area contributed by atoms with E-state index in [1.54, 1.807) is 0 Å². The van der Waals surface area contributed by atoms with Crippen LogP contribution >= 0.6 is 0 Å². The van der Waals surface area contributed by atoms with Crippen molar-refractivity contribution in [2.75, 3.05) is 6.67 Å². The van der Waals surface area contributed by atoms with Crippen LogP contribution in [0.25, 0.3) is 0 Å². The van der Waals surface area contributed by atoms with E-state index in [2.05, 4.69) is 6.07 Å². The molecule has 0 bridgehead atoms. The van der Waals surface area contributed by atoms with Crippen LogP contribution < -0.4 is 0 Å². The van der Waals surface area contributed by atoms with Gasteiger partial charge in [0.1, 0.15) is 0 Å². The lowest BCUT2D eigenvalue weighted by atomic mass is 10.1. The van der Waals surface area contributed by atoms with Crippen molar-refractivity contribution in [1.29, 1.82) is 5.26 Å². The van der Waals surface area contributed by atoms with Crippen molar-refractivity contribution in [2.45, 2.75) is 64.2 Å². The summed E-state index contributed by atoms with van der Waals surface area (Å²) >= 11 is 0. The molecule has 0 atom stereocenters. The van der Waals surface area contributed by atoms with E-state index in [4.69, 9.17) is 5.26 Å². The van der Waals surface area contributed by atoms with Gasteiger partial charge in [0.15, 0.2) is 0 Å². The van der Waals surface area contributed by atoms with Crippen molar-refractivity contribution >= 4 is 0 Å². The quantitative estimate of drug-likeness (QED) is 0.479. The number of unbranched alkanes of at least 4 members (excludes halogenated alkanes) is 9. The van der Waals surface area contributed by atoms with Crippen LogP contribution in [-0.4, -0.2) is 6.67 Å². The Morgan fingerprint density at radius 1 is 0.714 bits per heavy atom. The Bertz CT molecular complexity index is 140. The number of alkyl halides is 1. The maximum atomic E-state index is 11.7. The highest BCUT2D eigenvalue weighted by Crippen LogP contribution is 2.10. The molecule has 0 aliphatic carbocycles. The van der Waals surface area contributed by atoms with Gasteiger partial charge in [0, 0.05) is 6.42 Å². The van der Waals surface area contributed by atoms with Gasteiger partial charge in [-0.05, 0) is 12.8 Å². The van der Waals surface area contributed by atoms with E-state index < -0.39 is 0 Å². The zero-order valence-electron chi connectivity index (χ0n) is 9.10. The lowest BCUT2D eigenvalue weighted by molar-refractivity contribution is 0.449. The largest absolute Gasteiger partial charge is 0.251 e. The van der Waals surface area contributed by atoms with E-state index in [0.29, 0.717) is 6.42 Å². The summed E-state index contributed by atoms with van der Waals surface area (Å²) in [7, 11) is 0. The third-order valence-corrected chi connectivity index (χ3v) is 2.42. The van der Waals surface area contributed by atoms with Crippen LogP contribution in [0.15, 0.2) is 0 Å². The molecule has 14 heavy (non-hydrogen) atoms. The minimum Gasteiger partial charge on any atom is -0.251 e. The van der Waals surface area contributed by atoms with E-state index in [1.807, 2.05) is 0 Å². The fourth-order valence-electron chi connectivity index (χ4n) is 1.54. The van der Waals surface area contributed by atoms with Crippen LogP contribution in [0.2, 0.25) is 0 Å². The zero-order chi connectivity index (χ0) is 10.5. The Morgan fingerprint density at radius 3 is 1.57 bits per heavy atom. The van der Waals surface area contributed by atoms with Crippen LogP contribution in [0.3, 0.4) is 0 Å². The van der Waals surface area contributed by atoms with Crippen molar-refractivity contribution in [3.05, 3.63) is 0 Å². The van der Waals surface area contributed by atoms with Crippen molar-refractivity contribution < 1.29 is 4.39 Å². The highest BCUT2D eigenvalue weighted by molar-refractivity contribution is 4.67. The SMILES string of the molecule is N#CCCCCCCCCCCCF. The summed E-state index contributed by atoms with van der Waals surface area (Å²) in [6.07, 6.45) is 11.0. The molecule has 0 fully saturated rings. The first kappa shape index (κ1) is 13.4. The van der Waals surface area contributed by atoms with Crippen LogP contribution in [0.1, 0.15) is 64.2 Å². The van der Waals surface area contributed by atoms with Crippen LogP contribution in [0.4, 0.5) is 4.39 Å². The molecule has 0 saturated carbocycles. The van der Waals surface area contributed by atoms with Gasteiger partial charge in [0.05, 0.1) is 12.7 Å². The van der Waals surface area contributed by atoms with Gasteiger partial charge in [0.25, 0.3) is 0 Å². The van der Waals surface area contributed by atoms with Crippen molar-refractivity contribution in [2.24, 2.45) is 0 Å². The summed E-state index contributed by atoms with van der Waals surface area (Å²) in [6.45, 7) is -0.159. The highest BCUT2D eigenvalue weighted by Gasteiger charge is 1.92. The Morgan fingerprint density at radius 2 is 1.14 bits per heavy atom. The average Bonchev–Trinajstić information content (AvgIpc) is 2.21. The van der Waals surface area contributed by atoms with Gasteiger partial charge >= 0.3 is 0 Å². The lowest BCUT2D eigenvalue weighted by Crippen LogP contribution is -1.82. The molecule has 0 heterocycles. The molecule has 82 valence electrons. The highest BCUT2D eigenvalue weighted by atomic mass is 19.1. The van der Waals surface area contributed by atoms with Gasteiger partial charge in [-0.2, -0.15) is 5.26 Å². The fourth-order valence-corrected chi connectivity index (χ4v) is 1.54. The van der Waals surface area contributed by atoms with Crippen LogP contribution in [0.5, 0.6) is 0 Å². The lowest BCUT2D eigenvalue weighted by Gasteiger charge is -2.00. The molecule has 0 N–H and O–H groups in total. The van der Waals surface area contributed by atoms with Crippen molar-refractivity contribution in [3.63, 3.8) is 0 Å². The van der Waals surface area contributed by atoms with E-state index >= 15 is 0 Å². The minimum atomic E-state index is -0.159. The number of hydrogen-bond donors (Lipinski definition) is 0. The maximum Gasteiger partial charge on any atom is 0.0894 e. The second kappa shape index (κ2) is 12.4. The number of nitriles is 1. The summed E-state index contributed by atoms with van der Waals surface area (Å²) in [5.41, 5.74) is 0. The number of halogens is 1. The smallest absolute Gasteiger partial charge is 0.0894 e. The molecule has 0 aliphatic heterocycles. The van der Waals surface area contributed by atoms with Crippen molar-refractivity contribution in [1.82, 2.24) is 0 Å². The Hall–Kier alpha value is -0.580. The second-order valence-corrected chi connectivity index (χ2v) is 3.78. The van der Waals surface area contributed by atoms with Gasteiger partial charge in [-0.3, -0.25) is 4.39 Å². The fraction of sp³-hybridized carbons (Fsp3) is 0.917. The monoisotopic (exact) mass is 199 g/mol. The molecule has 1 nitrogen and oxygen atoms in total. The van der Waals surface area contributed by atoms with E-state index in [1.165, 1.54) is 38.5 Å². The molecule has 0 rings (SSSR count). The van der Waals surface area contributed by atoms with Crippen LogP contribution in [0, 0.1) is 11.3 Å². The maximum absolute atomic E-state index is 11.7. The van der Waals surface area contributed by atoms with Gasteiger partial charge in [-0.15, -0.1) is 0 Å². The normalized spacial score (nSPS) is 10.0. The van der Waals surface area contributed by atoms with Gasteiger partial charge in [-0.1, -0.05) is 44.9 Å². The standard InChI is InChI=1S/C12H22FN/c13-11-9-7-5-3-1-2-4-6-8-10-12-14/h1-11H2. The first-order valence-corrected chi connectivity index (χ1v) is 5.84. The molecule has 0 radical (unpaired) electrons. The third-order valence-electron chi connectivity index (χ3n) is 2.42. The molecule has 0 aromatic carbocycles. The zero-order valence-corrected chi connectivity index (χ0v) is 9.10. The molecule has 0 aromatic rings. The number of rotatable bonds is 10. The molecule has 0 amide bonds. The first-order chi connectivity index (χ1) is 6.91. The van der Waals surface area contributed by atoms with Gasteiger partial charge in [-0.25, -0.2) is 0 Å². The van der Waals surface area contributed by atoms with E-state index in [9.17, 15) is 4.39 Å². The second-order valence-electron chi connectivity index (χ2n) is 3.78. The average molecular weight is 199 g/mol. The summed E-state index contributed by atoms with van der Waals surface area (Å²) < 4.78 is 11.7. The van der Waals surface area contributed by atoms with Crippen LogP contribution in [-0.2, 0) is 0 Å². The predicted molar refractivity (Wildman–Crippen MR) is 57.8 cm³/mol. The van der Waals surface area contributed by atoms with Gasteiger partial charge < -0.3 is 0 Å². The predicted octanol–water partition coefficient (Wildman–Crippen LogP) is 4.38. The molecule has 2 heteroatoms. The summed E-state index contributed by atoms with van der Waals surface area (Å²) in [5.74, 6) is 0. The Labute approximate surface area is 87.3 Å². The minimum absolute atomic E-state index is 0.159. The number of nitrogens with zero attached hydrogens (tertiary/aromatic N) is 1. The van der Waals surface area contributed by atoms with E-state index in [-0.39, 0.29) is 6.67 Å². The van der Waals surface area contributed by atoms with Crippen molar-refractivity contribution in [3.8, 4) is 6.07 Å². The third kappa shape index (κ3) is 11.4. The molecular weight excluding hydrogens is 177 g/mol. The van der Waals surface area contributed by atoms with E-state index in [0.717, 1.165) is 19.3 Å². The molecule has 0 aliphatic rings. The Balaban J connectivity index is 2.82. The molecule has 0 aromatic heterocycles. The molecule has 0 spiro atoms. The molecule has 0 unspecified atom stereocenters. The Kier molecular flexibility index (Phi) is 11.9.